The Labute approximate surface area is 134 Å². The Hall–Kier alpha value is -2.89. The van der Waals surface area contributed by atoms with Gasteiger partial charge in [-0.25, -0.2) is 4.79 Å². The minimum Gasteiger partial charge on any atom is -0.478 e. The van der Waals surface area contributed by atoms with Crippen molar-refractivity contribution in [2.75, 3.05) is 5.43 Å². The summed E-state index contributed by atoms with van der Waals surface area (Å²) in [6.45, 7) is 2.13. The van der Waals surface area contributed by atoms with Crippen LogP contribution in [0, 0.1) is 0 Å². The van der Waals surface area contributed by atoms with Crippen LogP contribution in [0.5, 0.6) is 0 Å². The van der Waals surface area contributed by atoms with E-state index in [-0.39, 0.29) is 11.5 Å². The molecule has 0 aliphatic rings. The summed E-state index contributed by atoms with van der Waals surface area (Å²) < 4.78 is 0. The second-order valence-electron chi connectivity index (χ2n) is 5.12. The van der Waals surface area contributed by atoms with Crippen LogP contribution in [0.1, 0.15) is 46.2 Å². The van der Waals surface area contributed by atoms with Crippen molar-refractivity contribution in [3.05, 3.63) is 59.4 Å². The number of carbonyl (C=O) groups is 2. The molecule has 0 fully saturated rings. The molecule has 6 heteroatoms. The third-order valence-electron chi connectivity index (χ3n) is 3.33. The van der Waals surface area contributed by atoms with Crippen molar-refractivity contribution in [2.45, 2.75) is 26.2 Å². The highest BCUT2D eigenvalue weighted by atomic mass is 16.4. The van der Waals surface area contributed by atoms with Crippen LogP contribution in [-0.4, -0.2) is 22.0 Å². The number of hydrogen-bond acceptors (Lipinski definition) is 4. The summed E-state index contributed by atoms with van der Waals surface area (Å²) in [5.41, 5.74) is 7.46. The molecule has 0 aliphatic heterocycles. The third-order valence-corrected chi connectivity index (χ3v) is 3.33. The summed E-state index contributed by atoms with van der Waals surface area (Å²) in [4.78, 5) is 26.9. The van der Waals surface area contributed by atoms with Crippen molar-refractivity contribution in [3.63, 3.8) is 0 Å². The third kappa shape index (κ3) is 4.81. The first-order valence-corrected chi connectivity index (χ1v) is 7.45. The number of aromatic nitrogens is 1. The highest BCUT2D eigenvalue weighted by Gasteiger charge is 2.07. The molecule has 1 aromatic heterocycles. The summed E-state index contributed by atoms with van der Waals surface area (Å²) in [6.07, 6.45) is 4.89. The molecule has 23 heavy (non-hydrogen) atoms. The number of pyridine rings is 1. The largest absolute Gasteiger partial charge is 0.478 e. The van der Waals surface area contributed by atoms with Crippen LogP contribution in [0.2, 0.25) is 0 Å². The van der Waals surface area contributed by atoms with Crippen LogP contribution in [0.15, 0.2) is 42.6 Å². The van der Waals surface area contributed by atoms with Gasteiger partial charge in [-0.1, -0.05) is 19.4 Å². The monoisotopic (exact) mass is 313 g/mol. The number of nitrogens with zero attached hydrogens (tertiary/aromatic N) is 1. The number of hydrazine groups is 1. The van der Waals surface area contributed by atoms with E-state index in [1.54, 1.807) is 24.4 Å². The lowest BCUT2D eigenvalue weighted by Gasteiger charge is -2.08. The van der Waals surface area contributed by atoms with E-state index >= 15 is 0 Å². The summed E-state index contributed by atoms with van der Waals surface area (Å²) >= 11 is 0. The number of carboxylic acid groups (broad SMARTS) is 1. The van der Waals surface area contributed by atoms with E-state index in [2.05, 4.69) is 22.8 Å². The molecule has 6 nitrogen and oxygen atoms in total. The van der Waals surface area contributed by atoms with Gasteiger partial charge < -0.3 is 5.11 Å². The van der Waals surface area contributed by atoms with Gasteiger partial charge in [-0.3, -0.25) is 20.6 Å². The average molecular weight is 313 g/mol. The van der Waals surface area contributed by atoms with Crippen LogP contribution >= 0.6 is 0 Å². The van der Waals surface area contributed by atoms with Gasteiger partial charge in [0.1, 0.15) is 5.69 Å². The maximum absolute atomic E-state index is 12.0. The number of carboxylic acids is 1. The number of amides is 1. The zero-order chi connectivity index (χ0) is 16.7. The molecule has 0 radical (unpaired) electrons. The highest BCUT2D eigenvalue weighted by Crippen LogP contribution is 2.09. The van der Waals surface area contributed by atoms with Crippen LogP contribution in [0.3, 0.4) is 0 Å². The second-order valence-corrected chi connectivity index (χ2v) is 5.12. The van der Waals surface area contributed by atoms with Crippen molar-refractivity contribution in [1.29, 1.82) is 0 Å². The first-order chi connectivity index (χ1) is 11.1. The Bertz CT molecular complexity index is 666. The van der Waals surface area contributed by atoms with E-state index in [1.165, 1.54) is 12.1 Å². The highest BCUT2D eigenvalue weighted by molar-refractivity contribution is 5.93. The smallest absolute Gasteiger partial charge is 0.335 e. The number of benzene rings is 1. The molecule has 0 bridgehead atoms. The first kappa shape index (κ1) is 16.5. The minimum absolute atomic E-state index is 0.186. The SMILES string of the molecule is CCCCc1ccc(C(=O)NNc2ccc(C(=O)O)cc2)nc1. The van der Waals surface area contributed by atoms with E-state index < -0.39 is 5.97 Å². The standard InChI is InChI=1S/C17H19N3O3/c1-2-3-4-12-5-10-15(18-11-12)16(21)20-19-14-8-6-13(7-9-14)17(22)23/h5-11,19H,2-4H2,1H3,(H,20,21)(H,22,23). The average Bonchev–Trinajstić information content (AvgIpc) is 2.58. The fourth-order valence-corrected chi connectivity index (χ4v) is 1.98. The van der Waals surface area contributed by atoms with E-state index in [1.807, 2.05) is 6.07 Å². The van der Waals surface area contributed by atoms with Crippen LogP contribution in [0.25, 0.3) is 0 Å². The molecule has 2 aromatic rings. The van der Waals surface area contributed by atoms with E-state index in [0.29, 0.717) is 11.4 Å². The number of carbonyl (C=O) groups excluding carboxylic acids is 1. The molecule has 0 atom stereocenters. The quantitative estimate of drug-likeness (QED) is 0.684. The fraction of sp³-hybridized carbons (Fsp3) is 0.235. The molecule has 3 N–H and O–H groups in total. The normalized spacial score (nSPS) is 10.1. The lowest BCUT2D eigenvalue weighted by Crippen LogP contribution is -2.30. The van der Waals surface area contributed by atoms with Crippen molar-refractivity contribution in [1.82, 2.24) is 10.4 Å². The molecule has 1 heterocycles. The van der Waals surface area contributed by atoms with Gasteiger partial charge in [0.15, 0.2) is 0 Å². The zero-order valence-electron chi connectivity index (χ0n) is 12.9. The van der Waals surface area contributed by atoms with E-state index in [4.69, 9.17) is 5.11 Å². The minimum atomic E-state index is -0.993. The van der Waals surface area contributed by atoms with Gasteiger partial charge in [-0.15, -0.1) is 0 Å². The Kier molecular flexibility index (Phi) is 5.68. The molecule has 0 saturated carbocycles. The number of unbranched alkanes of at least 4 members (excludes halogenated alkanes) is 1. The predicted octanol–water partition coefficient (Wildman–Crippen LogP) is 2.88. The van der Waals surface area contributed by atoms with Crippen molar-refractivity contribution < 1.29 is 14.7 Å². The zero-order valence-corrected chi connectivity index (χ0v) is 12.9. The molecule has 1 aromatic carbocycles. The molecule has 120 valence electrons. The van der Waals surface area contributed by atoms with Crippen molar-refractivity contribution in [3.8, 4) is 0 Å². The Balaban J connectivity index is 1.90. The van der Waals surface area contributed by atoms with Gasteiger partial charge in [0.05, 0.1) is 11.3 Å². The van der Waals surface area contributed by atoms with Crippen LogP contribution in [-0.2, 0) is 6.42 Å². The summed E-state index contributed by atoms with van der Waals surface area (Å²) in [5, 5.41) is 8.82. The van der Waals surface area contributed by atoms with Crippen LogP contribution in [0.4, 0.5) is 5.69 Å². The summed E-state index contributed by atoms with van der Waals surface area (Å²) in [5.74, 6) is -1.35. The molecule has 0 saturated heterocycles. The molecule has 1 amide bonds. The molecular formula is C17H19N3O3. The van der Waals surface area contributed by atoms with Crippen molar-refractivity contribution >= 4 is 17.6 Å². The maximum Gasteiger partial charge on any atom is 0.335 e. The fourth-order valence-electron chi connectivity index (χ4n) is 1.98. The topological polar surface area (TPSA) is 91.3 Å². The maximum atomic E-state index is 12.0. The van der Waals surface area contributed by atoms with Crippen LogP contribution < -0.4 is 10.9 Å². The second kappa shape index (κ2) is 7.93. The predicted molar refractivity (Wildman–Crippen MR) is 87.3 cm³/mol. The molecule has 2 rings (SSSR count). The van der Waals surface area contributed by atoms with E-state index in [9.17, 15) is 9.59 Å². The Morgan fingerprint density at radius 3 is 2.43 bits per heavy atom. The van der Waals surface area contributed by atoms with Gasteiger partial charge in [0.25, 0.3) is 5.91 Å². The van der Waals surface area contributed by atoms with Gasteiger partial charge in [-0.2, -0.15) is 0 Å². The Morgan fingerprint density at radius 2 is 1.87 bits per heavy atom. The van der Waals surface area contributed by atoms with Gasteiger partial charge in [-0.05, 0) is 48.7 Å². The molecular weight excluding hydrogens is 294 g/mol. The summed E-state index contributed by atoms with van der Waals surface area (Å²) in [7, 11) is 0. The molecule has 0 unspecified atom stereocenters. The first-order valence-electron chi connectivity index (χ1n) is 7.45. The number of anilines is 1. The molecule has 0 aliphatic carbocycles. The lowest BCUT2D eigenvalue weighted by molar-refractivity contribution is 0.0696. The van der Waals surface area contributed by atoms with Gasteiger partial charge in [0, 0.05) is 6.20 Å². The van der Waals surface area contributed by atoms with Gasteiger partial charge >= 0.3 is 5.97 Å². The number of aryl methyl sites for hydroxylation is 1. The van der Waals surface area contributed by atoms with Gasteiger partial charge in [0.2, 0.25) is 0 Å². The number of nitrogens with one attached hydrogen (secondary N) is 2. The van der Waals surface area contributed by atoms with Crippen molar-refractivity contribution in [2.24, 2.45) is 0 Å². The molecule has 0 spiro atoms. The number of aromatic carboxylic acids is 1. The summed E-state index contributed by atoms with van der Waals surface area (Å²) in [6, 6.07) is 9.65. The number of hydrogen-bond donors (Lipinski definition) is 3. The Morgan fingerprint density at radius 1 is 1.13 bits per heavy atom. The van der Waals surface area contributed by atoms with E-state index in [0.717, 1.165) is 24.8 Å². The lowest BCUT2D eigenvalue weighted by atomic mass is 10.1. The number of rotatable bonds is 7.